The maximum atomic E-state index is 14.5. The molecule has 0 radical (unpaired) electrons. The monoisotopic (exact) mass is 1770 g/mol. The van der Waals surface area contributed by atoms with Crippen molar-refractivity contribution in [3.8, 4) is 0 Å². The third-order valence-electron chi connectivity index (χ3n) is 15.1. The average Bonchev–Trinajstić information content (AvgIpc) is 0.988. The van der Waals surface area contributed by atoms with E-state index in [2.05, 4.69) is 72.3 Å². The van der Waals surface area contributed by atoms with Gasteiger partial charge in [0.25, 0.3) is 0 Å². The number of hydrogen-bond donors (Lipinski definition) is 23. The van der Waals surface area contributed by atoms with Crippen LogP contribution in [-0.2, 0) is 83.1 Å². The number of amides is 11. The number of carboxylic acids is 5. The van der Waals surface area contributed by atoms with Crippen molar-refractivity contribution in [1.82, 2.24) is 58.5 Å². The minimum Gasteiger partial charge on any atom is -0.475 e. The summed E-state index contributed by atoms with van der Waals surface area (Å²) >= 11 is 0. The van der Waals surface area contributed by atoms with Gasteiger partial charge >= 0.3 is 60.7 Å². The molecule has 11 amide bonds. The van der Waals surface area contributed by atoms with Crippen LogP contribution in [0.5, 0.6) is 0 Å². The van der Waals surface area contributed by atoms with Crippen LogP contribution in [0, 0.1) is 11.8 Å². The third-order valence-corrected chi connectivity index (χ3v) is 15.1. The fourth-order valence-corrected chi connectivity index (χ4v) is 9.15. The Balaban J connectivity index is -0.00000158. The zero-order chi connectivity index (χ0) is 94.1. The fraction of sp³-hybridized carbons (Fsp3) is 0.667. The molecule has 1 aliphatic rings. The summed E-state index contributed by atoms with van der Waals surface area (Å²) in [7, 11) is 0. The van der Waals surface area contributed by atoms with E-state index < -0.39 is 211 Å². The quantitative estimate of drug-likeness (QED) is 0.0302. The summed E-state index contributed by atoms with van der Waals surface area (Å²) in [6.45, 7) is 9.02. The Labute approximate surface area is 674 Å². The number of halogens is 15. The number of carboxylic acid groups (broad SMARTS) is 5. The second kappa shape index (κ2) is 57.6. The van der Waals surface area contributed by atoms with E-state index in [4.69, 9.17) is 78.2 Å². The maximum Gasteiger partial charge on any atom is 0.490 e. The highest BCUT2D eigenvalue weighted by atomic mass is 19.4. The second-order valence-corrected chi connectivity index (χ2v) is 26.3. The van der Waals surface area contributed by atoms with Gasteiger partial charge in [0, 0.05) is 19.4 Å². The van der Waals surface area contributed by atoms with Gasteiger partial charge in [-0.05, 0) is 115 Å². The van der Waals surface area contributed by atoms with E-state index in [9.17, 15) is 129 Å². The van der Waals surface area contributed by atoms with Gasteiger partial charge in [-0.2, -0.15) is 65.9 Å². The first-order valence-corrected chi connectivity index (χ1v) is 35.7. The van der Waals surface area contributed by atoms with E-state index in [-0.39, 0.29) is 90.0 Å². The number of aliphatic hydroxyl groups excluding tert-OH is 2. The van der Waals surface area contributed by atoms with Crippen LogP contribution in [0.2, 0.25) is 0 Å². The predicted octanol–water partition coefficient (Wildman–Crippen LogP) is -2.08. The Bertz CT molecular complexity index is 3280. The SMILES string of the molecule is CC(C)CCCCCC(=O)NC(CCN)C(=O)NC(C(=O)NC(CCN)C(=O)NC1CCNC(=O)C(C(C)O)NC(=O)C(CCN)NC(=O)C(CCN)NC(=O)C(CC(C)C)NC(=O)C(Cc2ccccc2)NC(=O)C(CCN)NC1=O)C(C)O.O=C(O)C(F)(F)F.O=C(O)C(F)(F)F.O=C(O)C(F)(F)F.O=C(O)C(F)(F)F.O=C(O)C(F)(F)F. The number of aliphatic hydroxyl groups is 2. The van der Waals surface area contributed by atoms with E-state index in [0.29, 0.717) is 17.9 Å². The number of rotatable bonds is 29. The molecule has 690 valence electrons. The first-order chi connectivity index (χ1) is 55.0. The van der Waals surface area contributed by atoms with Crippen molar-refractivity contribution >= 4 is 94.8 Å². The topological polar surface area (TPSA) is 677 Å². The van der Waals surface area contributed by atoms with Crippen LogP contribution in [-0.4, -0.2) is 273 Å². The summed E-state index contributed by atoms with van der Waals surface area (Å²) < 4.78 is 159. The van der Waals surface area contributed by atoms with Gasteiger partial charge in [-0.15, -0.1) is 0 Å². The first-order valence-electron chi connectivity index (χ1n) is 35.7. The summed E-state index contributed by atoms with van der Waals surface area (Å²) in [5.41, 5.74) is 29.9. The van der Waals surface area contributed by atoms with E-state index in [0.717, 1.165) is 19.3 Å². The molecule has 39 nitrogen and oxygen atoms in total. The van der Waals surface area contributed by atoms with Crippen molar-refractivity contribution in [2.45, 2.75) is 229 Å². The molecule has 2 rings (SSSR count). The molecule has 0 aromatic heterocycles. The summed E-state index contributed by atoms with van der Waals surface area (Å²) in [5.74, 6) is -23.2. The molecule has 12 unspecified atom stereocenters. The summed E-state index contributed by atoms with van der Waals surface area (Å²) in [6, 6.07) is -6.23. The first kappa shape index (κ1) is 116. The molecule has 54 heteroatoms. The number of alkyl halides is 15. The van der Waals surface area contributed by atoms with Gasteiger partial charge in [0.05, 0.1) is 12.2 Å². The molecule has 1 fully saturated rings. The number of benzene rings is 1. The second-order valence-electron chi connectivity index (χ2n) is 26.3. The van der Waals surface area contributed by atoms with Crippen LogP contribution >= 0.6 is 0 Å². The molecule has 0 spiro atoms. The van der Waals surface area contributed by atoms with E-state index in [1.54, 1.807) is 44.2 Å². The number of nitrogens with two attached hydrogens (primary N) is 5. The van der Waals surface area contributed by atoms with Crippen molar-refractivity contribution in [2.24, 2.45) is 40.5 Å². The number of carbonyl (C=O) groups excluding carboxylic acids is 11. The molecule has 1 aromatic carbocycles. The molecule has 28 N–H and O–H groups in total. The molecular weight excluding hydrogens is 1670 g/mol. The highest BCUT2D eigenvalue weighted by Gasteiger charge is 2.43. The Hall–Kier alpha value is -10.6. The molecule has 1 heterocycles. The number of carbonyl (C=O) groups is 16. The largest absolute Gasteiger partial charge is 0.490 e. The van der Waals surface area contributed by atoms with Crippen molar-refractivity contribution in [3.63, 3.8) is 0 Å². The van der Waals surface area contributed by atoms with Crippen LogP contribution in [0.25, 0.3) is 0 Å². The maximum absolute atomic E-state index is 14.5. The standard InChI is InChI=1S/C56H98N16O13.5C2HF3O2/c1-31(2)13-9-7-12-16-44(75)63-36(17-23-57)51(80)72-46(34(6)74)56(85)68-39(20-26-60)48(77)67-41-22-28-62-55(84)45(33(5)73)71-52(81)40(21-27-61)65-47(76)37(18-24-58)66-53(82)42(29-32(3)4)69-54(83)43(30-35-14-10-8-11-15-35)70-49(78)38(19-25-59)64-50(41)79;5*3-2(4,5)1(6)7/h8,10-11,14-15,31-34,36-43,45-46,73-74H,7,9,12-13,16-30,57-61H2,1-6H3,(H,62,84)(H,63,75)(H,64,79)(H,65,76)(H,66,82)(H,67,77)(H,68,85)(H,69,83)(H,70,78)(H,71,81)(H,72,80);5*(H,6,7). The van der Waals surface area contributed by atoms with Crippen molar-refractivity contribution < 1.29 is 178 Å². The number of unbranched alkanes of at least 4 members (excludes halogenated alkanes) is 2. The summed E-state index contributed by atoms with van der Waals surface area (Å²) in [5, 5.41) is 85.3. The van der Waals surface area contributed by atoms with Gasteiger partial charge in [-0.1, -0.05) is 77.3 Å². The lowest BCUT2D eigenvalue weighted by atomic mass is 10.00. The molecule has 1 saturated heterocycles. The van der Waals surface area contributed by atoms with Crippen molar-refractivity contribution in [1.29, 1.82) is 0 Å². The zero-order valence-corrected chi connectivity index (χ0v) is 65.1. The Morgan fingerprint density at radius 2 is 0.783 bits per heavy atom. The summed E-state index contributed by atoms with van der Waals surface area (Å²) in [6.07, 6.45) is -26.5. The minimum absolute atomic E-state index is 0.0168. The van der Waals surface area contributed by atoms with Gasteiger partial charge in [0.1, 0.15) is 60.4 Å². The van der Waals surface area contributed by atoms with Gasteiger partial charge < -0.3 is 123 Å². The number of aliphatic carboxylic acids is 5. The van der Waals surface area contributed by atoms with Gasteiger partial charge in [-0.3, -0.25) is 52.7 Å². The molecule has 1 aliphatic heterocycles. The molecule has 0 aliphatic carbocycles. The molecule has 12 atom stereocenters. The lowest BCUT2D eigenvalue weighted by Gasteiger charge is -2.29. The molecular formula is C66H103F15N16O23. The van der Waals surface area contributed by atoms with Crippen LogP contribution in [0.15, 0.2) is 30.3 Å². The van der Waals surface area contributed by atoms with Gasteiger partial charge in [0.2, 0.25) is 65.0 Å². The zero-order valence-electron chi connectivity index (χ0n) is 65.1. The number of hydrogen-bond acceptors (Lipinski definition) is 23. The van der Waals surface area contributed by atoms with Crippen LogP contribution in [0.1, 0.15) is 124 Å². The number of nitrogens with one attached hydrogen (secondary N) is 11. The molecule has 0 saturated carbocycles. The van der Waals surface area contributed by atoms with Crippen molar-refractivity contribution in [2.75, 3.05) is 39.3 Å². The smallest absolute Gasteiger partial charge is 0.475 e. The van der Waals surface area contributed by atoms with Gasteiger partial charge in [0.15, 0.2) is 0 Å². The van der Waals surface area contributed by atoms with Crippen LogP contribution in [0.4, 0.5) is 65.9 Å². The third kappa shape index (κ3) is 52.4. The highest BCUT2D eigenvalue weighted by Crippen LogP contribution is 2.18. The molecule has 1 aromatic rings. The van der Waals surface area contributed by atoms with E-state index in [1.807, 2.05) is 0 Å². The Kier molecular flexibility index (Phi) is 55.5. The van der Waals surface area contributed by atoms with Gasteiger partial charge in [-0.25, -0.2) is 24.0 Å². The molecule has 0 bridgehead atoms. The predicted molar refractivity (Wildman–Crippen MR) is 385 cm³/mol. The van der Waals surface area contributed by atoms with E-state index >= 15 is 0 Å². The Morgan fingerprint density at radius 1 is 0.425 bits per heavy atom. The van der Waals surface area contributed by atoms with Crippen molar-refractivity contribution in [3.05, 3.63) is 35.9 Å². The normalized spacial score (nSPS) is 19.3. The minimum atomic E-state index is -5.08. The highest BCUT2D eigenvalue weighted by molar-refractivity contribution is 5.99. The average molecular weight is 1770 g/mol. The fourth-order valence-electron chi connectivity index (χ4n) is 9.15. The molecule has 120 heavy (non-hydrogen) atoms. The lowest BCUT2D eigenvalue weighted by Crippen LogP contribution is -2.62. The Morgan fingerprint density at radius 3 is 1.14 bits per heavy atom. The van der Waals surface area contributed by atoms with Crippen LogP contribution < -0.4 is 87.2 Å². The lowest BCUT2D eigenvalue weighted by molar-refractivity contribution is -0.193. The van der Waals surface area contributed by atoms with Crippen LogP contribution in [0.3, 0.4) is 0 Å². The van der Waals surface area contributed by atoms with E-state index in [1.165, 1.54) is 13.8 Å². The summed E-state index contributed by atoms with van der Waals surface area (Å²) in [4.78, 5) is 198.